The Morgan fingerprint density at radius 2 is 1.37 bits per heavy atom. The number of carboxylic acids is 1. The zero-order valence-corrected chi connectivity index (χ0v) is 22.0. The van der Waals surface area contributed by atoms with Crippen molar-refractivity contribution in [3.63, 3.8) is 0 Å². The third kappa shape index (κ3) is 4.97. The molecule has 1 aliphatic heterocycles. The molecule has 192 valence electrons. The molecule has 0 aliphatic carbocycles. The number of aliphatic carboxylic acids is 1. The lowest BCUT2D eigenvalue weighted by atomic mass is 9.77. The van der Waals surface area contributed by atoms with Crippen LogP contribution in [0.1, 0.15) is 44.4 Å². The fourth-order valence-corrected chi connectivity index (χ4v) is 4.52. The topological polar surface area (TPSA) is 93.9 Å². The van der Waals surface area contributed by atoms with E-state index < -0.39 is 30.3 Å². The van der Waals surface area contributed by atoms with E-state index in [1.54, 1.807) is 12.4 Å². The fourth-order valence-electron chi connectivity index (χ4n) is 4.52. The molecule has 1 aliphatic rings. The predicted molar refractivity (Wildman–Crippen MR) is 149 cm³/mol. The number of fused-ring (bicyclic) bond motifs is 1. The molecular weight excluding hydrogens is 477 g/mol. The van der Waals surface area contributed by atoms with Gasteiger partial charge < -0.3 is 14.4 Å². The van der Waals surface area contributed by atoms with Crippen molar-refractivity contribution < 1.29 is 19.2 Å². The largest absolute Gasteiger partial charge is 0.497 e. The normalized spacial score (nSPS) is 16.8. The molecule has 8 heteroatoms. The number of carboxylic acid groups (broad SMARTS) is 1. The molecule has 0 amide bonds. The fraction of sp³-hybridized carbons (Fsp3) is 0.267. The van der Waals surface area contributed by atoms with Crippen LogP contribution in [0.2, 0.25) is 0 Å². The lowest BCUT2D eigenvalue weighted by molar-refractivity contribution is -0.138. The zero-order valence-electron chi connectivity index (χ0n) is 22.0. The van der Waals surface area contributed by atoms with Crippen LogP contribution < -0.4 is 5.46 Å². The maximum absolute atomic E-state index is 12.5. The van der Waals surface area contributed by atoms with E-state index in [1.807, 2.05) is 100 Å². The summed E-state index contributed by atoms with van der Waals surface area (Å²) in [5.74, 6) is -1.01. The first-order valence-electron chi connectivity index (χ1n) is 12.7. The molecule has 1 N–H and O–H groups in total. The third-order valence-electron chi connectivity index (χ3n) is 7.32. The summed E-state index contributed by atoms with van der Waals surface area (Å²) >= 11 is 0. The van der Waals surface area contributed by atoms with E-state index in [-0.39, 0.29) is 6.42 Å². The minimum Gasteiger partial charge on any atom is -0.480 e. The second-order valence-electron chi connectivity index (χ2n) is 10.4. The molecule has 1 fully saturated rings. The molecule has 0 unspecified atom stereocenters. The Morgan fingerprint density at radius 1 is 0.842 bits per heavy atom. The van der Waals surface area contributed by atoms with Gasteiger partial charge in [-0.3, -0.25) is 15.0 Å². The summed E-state index contributed by atoms with van der Waals surface area (Å²) in [5, 5.41) is 10.2. The average molecular weight is 507 g/mol. The van der Waals surface area contributed by atoms with E-state index in [0.29, 0.717) is 16.7 Å². The Kier molecular flexibility index (Phi) is 6.86. The molecule has 0 radical (unpaired) electrons. The maximum atomic E-state index is 12.5. The van der Waals surface area contributed by atoms with Gasteiger partial charge in [0.2, 0.25) is 0 Å². The number of aromatic nitrogens is 2. The standard InChI is InChI=1S/C30H30BN3O4/c1-29(2)30(3,4)38-31(37-29)23-16-15-22(26-27(23)33-18-17-32-26)19-24(28(35)36)34-25(20-11-7-5-8-12-20)21-13-9-6-10-14-21/h5-18,24H,19H2,1-4H3,(H,35,36)/t24-/m0/s1. The van der Waals surface area contributed by atoms with Gasteiger partial charge in [-0.15, -0.1) is 0 Å². The first-order valence-corrected chi connectivity index (χ1v) is 12.7. The molecular formula is C30H30BN3O4. The highest BCUT2D eigenvalue weighted by Gasteiger charge is 2.52. The van der Waals surface area contributed by atoms with Gasteiger partial charge in [0.25, 0.3) is 0 Å². The smallest absolute Gasteiger partial charge is 0.480 e. The molecule has 7 nitrogen and oxygen atoms in total. The number of hydrogen-bond acceptors (Lipinski definition) is 6. The van der Waals surface area contributed by atoms with Gasteiger partial charge in [0.1, 0.15) is 0 Å². The van der Waals surface area contributed by atoms with Gasteiger partial charge in [-0.25, -0.2) is 4.79 Å². The Morgan fingerprint density at radius 3 is 1.89 bits per heavy atom. The van der Waals surface area contributed by atoms with Gasteiger partial charge >= 0.3 is 13.1 Å². The first kappa shape index (κ1) is 25.8. The first-order chi connectivity index (χ1) is 18.2. The quantitative estimate of drug-likeness (QED) is 0.293. The van der Waals surface area contributed by atoms with Crippen molar-refractivity contribution in [3.05, 3.63) is 102 Å². The number of aliphatic imine (C=N–C) groups is 1. The van der Waals surface area contributed by atoms with Gasteiger partial charge in [0.15, 0.2) is 6.04 Å². The van der Waals surface area contributed by atoms with Crippen molar-refractivity contribution in [1.29, 1.82) is 0 Å². The summed E-state index contributed by atoms with van der Waals surface area (Å²) in [4.78, 5) is 26.4. The second kappa shape index (κ2) is 10.1. The SMILES string of the molecule is CC1(C)OB(c2ccc(C[C@H](N=C(c3ccccc3)c3ccccc3)C(=O)O)c3nccnc23)OC1(C)C. The Balaban J connectivity index is 1.55. The molecule has 4 aromatic rings. The summed E-state index contributed by atoms with van der Waals surface area (Å²) in [6, 6.07) is 22.0. The summed E-state index contributed by atoms with van der Waals surface area (Å²) in [5.41, 5.74) is 4.08. The molecule has 38 heavy (non-hydrogen) atoms. The highest BCUT2D eigenvalue weighted by atomic mass is 16.7. The molecule has 2 heterocycles. The molecule has 1 saturated heterocycles. The lowest BCUT2D eigenvalue weighted by Gasteiger charge is -2.32. The van der Waals surface area contributed by atoms with Crippen LogP contribution in [0.3, 0.4) is 0 Å². The average Bonchev–Trinajstić information content (AvgIpc) is 3.13. The minimum absolute atomic E-state index is 0.150. The van der Waals surface area contributed by atoms with Crippen LogP contribution in [0.15, 0.2) is 90.2 Å². The Labute approximate surface area is 222 Å². The molecule has 3 aromatic carbocycles. The zero-order chi connectivity index (χ0) is 26.9. The van der Waals surface area contributed by atoms with Gasteiger partial charge in [-0.05, 0) is 33.3 Å². The van der Waals surface area contributed by atoms with Crippen LogP contribution in [-0.4, -0.2) is 51.1 Å². The van der Waals surface area contributed by atoms with E-state index in [2.05, 4.69) is 9.97 Å². The maximum Gasteiger partial charge on any atom is 0.497 e. The molecule has 1 aromatic heterocycles. The van der Waals surface area contributed by atoms with Crippen molar-refractivity contribution in [3.8, 4) is 0 Å². The van der Waals surface area contributed by atoms with E-state index in [0.717, 1.165) is 22.2 Å². The van der Waals surface area contributed by atoms with Crippen LogP contribution in [0.4, 0.5) is 0 Å². The number of nitrogens with zero attached hydrogens (tertiary/aromatic N) is 3. The van der Waals surface area contributed by atoms with Gasteiger partial charge in [-0.1, -0.05) is 72.8 Å². The molecule has 0 saturated carbocycles. The Hall–Kier alpha value is -3.88. The molecule has 0 spiro atoms. The Bertz CT molecular complexity index is 1430. The molecule has 1 atom stereocenters. The van der Waals surface area contributed by atoms with Crippen molar-refractivity contribution in [2.75, 3.05) is 0 Å². The molecule has 0 bridgehead atoms. The van der Waals surface area contributed by atoms with E-state index in [9.17, 15) is 9.90 Å². The number of carbonyl (C=O) groups is 1. The van der Waals surface area contributed by atoms with E-state index >= 15 is 0 Å². The number of benzene rings is 3. The van der Waals surface area contributed by atoms with Crippen molar-refractivity contribution in [1.82, 2.24) is 9.97 Å². The second-order valence-corrected chi connectivity index (χ2v) is 10.4. The van der Waals surface area contributed by atoms with Crippen LogP contribution >= 0.6 is 0 Å². The minimum atomic E-state index is -1.03. The van der Waals surface area contributed by atoms with Crippen LogP contribution in [0.5, 0.6) is 0 Å². The molecule has 5 rings (SSSR count). The van der Waals surface area contributed by atoms with Crippen LogP contribution in [-0.2, 0) is 20.5 Å². The lowest BCUT2D eigenvalue weighted by Crippen LogP contribution is -2.41. The monoisotopic (exact) mass is 507 g/mol. The summed E-state index contributed by atoms with van der Waals surface area (Å²) in [6.07, 6.45) is 3.38. The summed E-state index contributed by atoms with van der Waals surface area (Å²) in [7, 11) is -0.607. The highest BCUT2D eigenvalue weighted by molar-refractivity contribution is 6.64. The number of rotatable bonds is 7. The highest BCUT2D eigenvalue weighted by Crippen LogP contribution is 2.37. The van der Waals surface area contributed by atoms with Crippen LogP contribution in [0.25, 0.3) is 11.0 Å². The van der Waals surface area contributed by atoms with E-state index in [4.69, 9.17) is 14.3 Å². The van der Waals surface area contributed by atoms with Crippen molar-refractivity contribution in [2.45, 2.75) is 51.4 Å². The van der Waals surface area contributed by atoms with Crippen molar-refractivity contribution in [2.24, 2.45) is 4.99 Å². The van der Waals surface area contributed by atoms with Crippen LogP contribution in [0, 0.1) is 0 Å². The van der Waals surface area contributed by atoms with Gasteiger partial charge in [0.05, 0.1) is 27.9 Å². The van der Waals surface area contributed by atoms with E-state index in [1.165, 1.54) is 0 Å². The van der Waals surface area contributed by atoms with Gasteiger partial charge in [-0.2, -0.15) is 0 Å². The number of hydrogen-bond donors (Lipinski definition) is 1. The summed E-state index contributed by atoms with van der Waals surface area (Å²) in [6.45, 7) is 8.01. The van der Waals surface area contributed by atoms with Crippen molar-refractivity contribution >= 4 is 35.3 Å². The third-order valence-corrected chi connectivity index (χ3v) is 7.32. The summed E-state index contributed by atoms with van der Waals surface area (Å²) < 4.78 is 12.5. The predicted octanol–water partition coefficient (Wildman–Crippen LogP) is 4.46. The van der Waals surface area contributed by atoms with Gasteiger partial charge in [0, 0.05) is 35.4 Å².